The van der Waals surface area contributed by atoms with Crippen molar-refractivity contribution >= 4 is 5.69 Å². The molecule has 6 heteroatoms. The topological polar surface area (TPSA) is 26.7 Å². The van der Waals surface area contributed by atoms with Gasteiger partial charge in [-0.05, 0) is 20.8 Å². The van der Waals surface area contributed by atoms with Gasteiger partial charge >= 0.3 is 0 Å². The fourth-order valence-electron chi connectivity index (χ4n) is 2.63. The molecule has 0 spiro atoms. The third-order valence-corrected chi connectivity index (χ3v) is 3.96. The Bertz CT molecular complexity index is 521. The largest absolute Gasteiger partial charge is 0.391 e. The van der Waals surface area contributed by atoms with Crippen molar-refractivity contribution in [3.05, 3.63) is 29.1 Å². The lowest BCUT2D eigenvalue weighted by atomic mass is 10.0. The fourth-order valence-corrected chi connectivity index (χ4v) is 2.63. The summed E-state index contributed by atoms with van der Waals surface area (Å²) in [5.74, 6) is -3.32. The van der Waals surface area contributed by atoms with Crippen LogP contribution in [-0.4, -0.2) is 41.7 Å². The summed E-state index contributed by atoms with van der Waals surface area (Å²) in [5, 5.41) is 9.02. The minimum Gasteiger partial charge on any atom is -0.391 e. The molecule has 0 atom stereocenters. The zero-order valence-corrected chi connectivity index (χ0v) is 12.6. The van der Waals surface area contributed by atoms with E-state index >= 15 is 0 Å². The summed E-state index contributed by atoms with van der Waals surface area (Å²) in [5.41, 5.74) is -0.565. The van der Waals surface area contributed by atoms with Gasteiger partial charge < -0.3 is 10.0 Å². The van der Waals surface area contributed by atoms with Crippen LogP contribution < -0.4 is 4.90 Å². The van der Waals surface area contributed by atoms with E-state index in [0.29, 0.717) is 13.1 Å². The molecular formula is C15H21F3N2O. The number of piperazine rings is 1. The second-order valence-corrected chi connectivity index (χ2v) is 6.29. The Morgan fingerprint density at radius 3 is 2.10 bits per heavy atom. The maximum Gasteiger partial charge on any atom is 0.167 e. The number of aliphatic hydroxyl groups excluding tert-OH is 1. The zero-order chi connectivity index (χ0) is 15.8. The van der Waals surface area contributed by atoms with E-state index in [1.807, 2.05) is 0 Å². The molecule has 1 aromatic carbocycles. The highest BCUT2D eigenvalue weighted by Crippen LogP contribution is 2.28. The molecule has 1 saturated heterocycles. The zero-order valence-electron chi connectivity index (χ0n) is 12.6. The molecule has 21 heavy (non-hydrogen) atoms. The highest BCUT2D eigenvalue weighted by molar-refractivity contribution is 5.51. The summed E-state index contributed by atoms with van der Waals surface area (Å²) in [6, 6.07) is 0.872. The van der Waals surface area contributed by atoms with Crippen molar-refractivity contribution in [2.24, 2.45) is 0 Å². The minimum atomic E-state index is -1.31. The first-order chi connectivity index (χ1) is 9.75. The average molecular weight is 302 g/mol. The van der Waals surface area contributed by atoms with Crippen molar-refractivity contribution in [2.75, 3.05) is 31.1 Å². The van der Waals surface area contributed by atoms with Crippen LogP contribution in [-0.2, 0) is 6.61 Å². The first-order valence-electron chi connectivity index (χ1n) is 7.03. The second-order valence-electron chi connectivity index (χ2n) is 6.29. The van der Waals surface area contributed by atoms with Gasteiger partial charge in [0, 0.05) is 37.8 Å². The molecule has 0 radical (unpaired) electrons. The molecule has 0 amide bonds. The number of anilines is 1. The molecule has 0 aliphatic carbocycles. The van der Waals surface area contributed by atoms with Crippen molar-refractivity contribution in [2.45, 2.75) is 32.9 Å². The smallest absolute Gasteiger partial charge is 0.167 e. The van der Waals surface area contributed by atoms with E-state index in [1.54, 1.807) is 4.90 Å². The molecule has 0 aromatic heterocycles. The predicted molar refractivity (Wildman–Crippen MR) is 75.8 cm³/mol. The number of hydrogen-bond donors (Lipinski definition) is 1. The number of nitrogens with zero attached hydrogens (tertiary/aromatic N) is 2. The Hall–Kier alpha value is -1.27. The van der Waals surface area contributed by atoms with Crippen LogP contribution in [0.1, 0.15) is 26.3 Å². The van der Waals surface area contributed by atoms with Crippen LogP contribution in [0.5, 0.6) is 0 Å². The molecular weight excluding hydrogens is 281 g/mol. The van der Waals surface area contributed by atoms with Gasteiger partial charge in [-0.25, -0.2) is 13.2 Å². The van der Waals surface area contributed by atoms with Crippen molar-refractivity contribution in [1.82, 2.24) is 4.90 Å². The molecule has 1 N–H and O–H groups in total. The third kappa shape index (κ3) is 3.16. The first-order valence-corrected chi connectivity index (χ1v) is 7.03. The van der Waals surface area contributed by atoms with Crippen molar-refractivity contribution in [3.8, 4) is 0 Å². The maximum atomic E-state index is 14.2. The highest BCUT2D eigenvalue weighted by Gasteiger charge is 2.28. The molecule has 118 valence electrons. The Morgan fingerprint density at radius 1 is 1.05 bits per heavy atom. The number of rotatable bonds is 2. The molecule has 1 heterocycles. The van der Waals surface area contributed by atoms with E-state index in [2.05, 4.69) is 25.7 Å². The summed E-state index contributed by atoms with van der Waals surface area (Å²) >= 11 is 0. The first kappa shape index (κ1) is 16.1. The van der Waals surface area contributed by atoms with Crippen LogP contribution in [0.25, 0.3) is 0 Å². The van der Waals surface area contributed by atoms with Gasteiger partial charge in [-0.2, -0.15) is 0 Å². The number of hydrogen-bond acceptors (Lipinski definition) is 3. The summed E-state index contributed by atoms with van der Waals surface area (Å²) in [6.45, 7) is 7.95. The number of halogens is 3. The summed E-state index contributed by atoms with van der Waals surface area (Å²) < 4.78 is 41.2. The Balaban J connectivity index is 2.23. The van der Waals surface area contributed by atoms with Gasteiger partial charge in [0.05, 0.1) is 17.9 Å². The minimum absolute atomic E-state index is 0.0199. The van der Waals surface area contributed by atoms with Crippen molar-refractivity contribution < 1.29 is 18.3 Å². The molecule has 1 fully saturated rings. The lowest BCUT2D eigenvalue weighted by Crippen LogP contribution is -2.53. The van der Waals surface area contributed by atoms with Crippen LogP contribution in [0, 0.1) is 17.5 Å². The van der Waals surface area contributed by atoms with Crippen molar-refractivity contribution in [3.63, 3.8) is 0 Å². The van der Waals surface area contributed by atoms with Crippen LogP contribution in [0.2, 0.25) is 0 Å². The van der Waals surface area contributed by atoms with Gasteiger partial charge in [-0.1, -0.05) is 0 Å². The molecule has 0 unspecified atom stereocenters. The molecule has 1 aliphatic heterocycles. The van der Waals surface area contributed by atoms with Gasteiger partial charge in [-0.15, -0.1) is 0 Å². The van der Waals surface area contributed by atoms with E-state index in [4.69, 9.17) is 5.11 Å². The summed E-state index contributed by atoms with van der Waals surface area (Å²) in [7, 11) is 0. The van der Waals surface area contributed by atoms with Gasteiger partial charge in [0.1, 0.15) is 0 Å². The average Bonchev–Trinajstić information content (AvgIpc) is 2.43. The quantitative estimate of drug-likeness (QED) is 0.851. The monoisotopic (exact) mass is 302 g/mol. The molecule has 3 nitrogen and oxygen atoms in total. The molecule has 0 saturated carbocycles. The van der Waals surface area contributed by atoms with Crippen LogP contribution in [0.3, 0.4) is 0 Å². The predicted octanol–water partition coefficient (Wildman–Crippen LogP) is 2.52. The van der Waals surface area contributed by atoms with Gasteiger partial charge in [0.15, 0.2) is 17.5 Å². The van der Waals surface area contributed by atoms with Gasteiger partial charge in [0.25, 0.3) is 0 Å². The normalized spacial score (nSPS) is 17.4. The lowest BCUT2D eigenvalue weighted by Gasteiger charge is -2.43. The number of aliphatic hydroxyl groups is 1. The number of benzene rings is 1. The summed E-state index contributed by atoms with van der Waals surface area (Å²) in [4.78, 5) is 3.95. The van der Waals surface area contributed by atoms with E-state index in [1.165, 1.54) is 0 Å². The third-order valence-electron chi connectivity index (χ3n) is 3.96. The molecule has 2 rings (SSSR count). The SMILES string of the molecule is CC(C)(C)N1CCN(c2cc(F)c(F)c(CO)c2F)CC1. The van der Waals surface area contributed by atoms with Gasteiger partial charge in [0.2, 0.25) is 0 Å². The lowest BCUT2D eigenvalue weighted by molar-refractivity contribution is 0.128. The maximum absolute atomic E-state index is 14.2. The Kier molecular flexibility index (Phi) is 4.49. The standard InChI is InChI=1S/C15H21F3N2O/c1-15(2,3)20-6-4-19(5-7-20)12-8-11(16)13(17)10(9-21)14(12)18/h8,21H,4-7,9H2,1-3H3. The second kappa shape index (κ2) is 5.85. The molecule has 1 aromatic rings. The molecule has 1 aliphatic rings. The van der Waals surface area contributed by atoms with E-state index in [9.17, 15) is 13.2 Å². The van der Waals surface area contributed by atoms with Crippen LogP contribution in [0.15, 0.2) is 6.07 Å². The Morgan fingerprint density at radius 2 is 1.62 bits per heavy atom. The summed E-state index contributed by atoms with van der Waals surface area (Å²) in [6.07, 6.45) is 0. The Labute approximate surface area is 123 Å². The van der Waals surface area contributed by atoms with E-state index < -0.39 is 29.6 Å². The van der Waals surface area contributed by atoms with Crippen LogP contribution in [0.4, 0.5) is 18.9 Å². The van der Waals surface area contributed by atoms with Crippen molar-refractivity contribution in [1.29, 1.82) is 0 Å². The fraction of sp³-hybridized carbons (Fsp3) is 0.600. The van der Waals surface area contributed by atoms with Crippen LogP contribution >= 0.6 is 0 Å². The van der Waals surface area contributed by atoms with E-state index in [0.717, 1.165) is 19.2 Å². The molecule has 0 bridgehead atoms. The van der Waals surface area contributed by atoms with E-state index in [-0.39, 0.29) is 11.2 Å². The highest BCUT2D eigenvalue weighted by atomic mass is 19.2. The van der Waals surface area contributed by atoms with Gasteiger partial charge in [-0.3, -0.25) is 4.90 Å².